The molecule has 3 rings (SSSR count). The Morgan fingerprint density at radius 2 is 1.70 bits per heavy atom. The monoisotopic (exact) mass is 470 g/mol. The van der Waals surface area contributed by atoms with Gasteiger partial charge in [-0.1, -0.05) is 0 Å². The summed E-state index contributed by atoms with van der Waals surface area (Å²) < 4.78 is 12.0. The van der Waals surface area contributed by atoms with Gasteiger partial charge in [0.2, 0.25) is 0 Å². The molecule has 1 aliphatic rings. The zero-order chi connectivity index (χ0) is 24.3. The summed E-state index contributed by atoms with van der Waals surface area (Å²) in [5.41, 5.74) is 3.87. The second kappa shape index (κ2) is 10.1. The van der Waals surface area contributed by atoms with Gasteiger partial charge in [0.05, 0.1) is 23.7 Å². The lowest BCUT2D eigenvalue weighted by atomic mass is 10.2. The van der Waals surface area contributed by atoms with E-state index in [-0.39, 0.29) is 17.5 Å². The maximum absolute atomic E-state index is 12.9. The van der Waals surface area contributed by atoms with Crippen LogP contribution in [0.4, 0.5) is 4.79 Å². The predicted octanol–water partition coefficient (Wildman–Crippen LogP) is 4.26. The van der Waals surface area contributed by atoms with Gasteiger partial charge in [0, 0.05) is 17.1 Å². The first-order valence-corrected chi connectivity index (χ1v) is 11.4. The van der Waals surface area contributed by atoms with Crippen LogP contribution in [0.15, 0.2) is 35.2 Å². The molecule has 0 unspecified atom stereocenters. The van der Waals surface area contributed by atoms with Crippen LogP contribution in [0.3, 0.4) is 0 Å². The molecule has 1 aliphatic heterocycles. The first-order chi connectivity index (χ1) is 15.7. The standard InChI is InChI=1S/C24H26N2O6S/c1-6-31-22(28)16(5)26-21(27)20(33-24(26)30)13-18-12-14(3)25(15(18)4)19-10-8-17(9-11-19)23(29)32-7-2/h8-13,16H,6-7H2,1-5H3/b20-13-/t16-/m0/s1. The third kappa shape index (κ3) is 4.88. The molecule has 0 radical (unpaired) electrons. The van der Waals surface area contributed by atoms with Crippen LogP contribution in [0, 0.1) is 13.8 Å². The number of aromatic nitrogens is 1. The van der Waals surface area contributed by atoms with E-state index in [1.165, 1.54) is 6.92 Å². The van der Waals surface area contributed by atoms with E-state index in [0.717, 1.165) is 39.3 Å². The van der Waals surface area contributed by atoms with E-state index in [9.17, 15) is 19.2 Å². The van der Waals surface area contributed by atoms with Gasteiger partial charge in [-0.25, -0.2) is 9.59 Å². The highest BCUT2D eigenvalue weighted by atomic mass is 32.2. The third-order valence-corrected chi connectivity index (χ3v) is 6.12. The van der Waals surface area contributed by atoms with Crippen molar-refractivity contribution < 1.29 is 28.7 Å². The van der Waals surface area contributed by atoms with Crippen molar-refractivity contribution in [3.05, 3.63) is 57.8 Å². The molecular weight excluding hydrogens is 444 g/mol. The smallest absolute Gasteiger partial charge is 0.338 e. The molecule has 9 heteroatoms. The van der Waals surface area contributed by atoms with Gasteiger partial charge in [-0.05, 0) is 88.4 Å². The molecule has 1 saturated heterocycles. The van der Waals surface area contributed by atoms with Gasteiger partial charge in [0.1, 0.15) is 6.04 Å². The molecule has 0 spiro atoms. The van der Waals surface area contributed by atoms with Gasteiger partial charge in [-0.3, -0.25) is 14.5 Å². The number of benzene rings is 1. The number of imide groups is 1. The van der Waals surface area contributed by atoms with Crippen molar-refractivity contribution >= 4 is 40.9 Å². The Morgan fingerprint density at radius 1 is 1.06 bits per heavy atom. The SMILES string of the molecule is CCOC(=O)c1ccc(-n2c(C)cc(/C=C3\SC(=O)N([C@@H](C)C(=O)OCC)C3=O)c2C)cc1. The first-order valence-electron chi connectivity index (χ1n) is 10.6. The number of hydrogen-bond donors (Lipinski definition) is 0. The predicted molar refractivity (Wildman–Crippen MR) is 125 cm³/mol. The fraction of sp³-hybridized carbons (Fsp3) is 0.333. The van der Waals surface area contributed by atoms with Crippen molar-refractivity contribution in [2.75, 3.05) is 13.2 Å². The Hall–Kier alpha value is -3.33. The second-order valence-electron chi connectivity index (χ2n) is 7.41. The molecule has 0 saturated carbocycles. The summed E-state index contributed by atoms with van der Waals surface area (Å²) in [4.78, 5) is 50.4. The number of thioether (sulfide) groups is 1. The van der Waals surface area contributed by atoms with Crippen molar-refractivity contribution in [2.45, 2.75) is 40.7 Å². The van der Waals surface area contributed by atoms with Crippen molar-refractivity contribution in [2.24, 2.45) is 0 Å². The largest absolute Gasteiger partial charge is 0.464 e. The molecule has 174 valence electrons. The minimum atomic E-state index is -0.992. The van der Waals surface area contributed by atoms with Crippen molar-refractivity contribution in [1.29, 1.82) is 0 Å². The Labute approximate surface area is 196 Å². The van der Waals surface area contributed by atoms with E-state index >= 15 is 0 Å². The molecule has 0 bridgehead atoms. The molecule has 1 aromatic carbocycles. The number of carbonyl (C=O) groups excluding carboxylic acids is 4. The average Bonchev–Trinajstić information content (AvgIpc) is 3.22. The number of ether oxygens (including phenoxy) is 2. The average molecular weight is 471 g/mol. The number of amides is 2. The van der Waals surface area contributed by atoms with Gasteiger partial charge >= 0.3 is 11.9 Å². The van der Waals surface area contributed by atoms with Crippen molar-refractivity contribution in [3.8, 4) is 5.69 Å². The summed E-state index contributed by atoms with van der Waals surface area (Å²) in [6, 6.07) is 7.98. The Kier molecular flexibility index (Phi) is 7.43. The zero-order valence-electron chi connectivity index (χ0n) is 19.2. The maximum Gasteiger partial charge on any atom is 0.338 e. The quantitative estimate of drug-likeness (QED) is 0.441. The van der Waals surface area contributed by atoms with Crippen molar-refractivity contribution in [3.63, 3.8) is 0 Å². The number of hydrogen-bond acceptors (Lipinski definition) is 7. The van der Waals surface area contributed by atoms with Crippen LogP contribution in [0.1, 0.15) is 48.1 Å². The number of carbonyl (C=O) groups is 4. The van der Waals surface area contributed by atoms with Gasteiger partial charge in [0.25, 0.3) is 11.1 Å². The molecule has 1 atom stereocenters. The summed E-state index contributed by atoms with van der Waals surface area (Å²) in [5, 5.41) is -0.504. The van der Waals surface area contributed by atoms with Crippen LogP contribution in [0.25, 0.3) is 11.8 Å². The van der Waals surface area contributed by atoms with Gasteiger partial charge in [-0.2, -0.15) is 0 Å². The molecule has 2 heterocycles. The van der Waals surface area contributed by atoms with E-state index in [4.69, 9.17) is 9.47 Å². The van der Waals surface area contributed by atoms with Gasteiger partial charge < -0.3 is 14.0 Å². The van der Waals surface area contributed by atoms with Gasteiger partial charge in [0.15, 0.2) is 0 Å². The van der Waals surface area contributed by atoms with E-state index in [0.29, 0.717) is 12.2 Å². The Morgan fingerprint density at radius 3 is 2.30 bits per heavy atom. The molecule has 33 heavy (non-hydrogen) atoms. The normalized spacial score (nSPS) is 15.8. The molecule has 8 nitrogen and oxygen atoms in total. The summed E-state index contributed by atoms with van der Waals surface area (Å²) in [6.45, 7) is 9.21. The molecule has 2 amide bonds. The Bertz CT molecular complexity index is 1130. The van der Waals surface area contributed by atoms with E-state index in [1.54, 1.807) is 32.1 Å². The third-order valence-electron chi connectivity index (χ3n) is 5.23. The molecule has 0 aliphatic carbocycles. The highest BCUT2D eigenvalue weighted by molar-refractivity contribution is 8.18. The first kappa shape index (κ1) is 24.3. The minimum absolute atomic E-state index is 0.169. The molecule has 0 N–H and O–H groups in total. The van der Waals surface area contributed by atoms with E-state index in [2.05, 4.69) is 0 Å². The summed E-state index contributed by atoms with van der Waals surface area (Å²) >= 11 is 0.800. The minimum Gasteiger partial charge on any atom is -0.464 e. The van der Waals surface area contributed by atoms with Crippen molar-refractivity contribution in [1.82, 2.24) is 9.47 Å². The summed E-state index contributed by atoms with van der Waals surface area (Å²) in [7, 11) is 0. The van der Waals surface area contributed by atoms with Crippen LogP contribution < -0.4 is 0 Å². The highest BCUT2D eigenvalue weighted by Gasteiger charge is 2.41. The lowest BCUT2D eigenvalue weighted by Crippen LogP contribution is -2.42. The lowest BCUT2D eigenvalue weighted by molar-refractivity contribution is -0.150. The van der Waals surface area contributed by atoms with Crippen LogP contribution in [-0.4, -0.2) is 51.8 Å². The topological polar surface area (TPSA) is 94.9 Å². The van der Waals surface area contributed by atoms with E-state index in [1.807, 2.05) is 36.6 Å². The fourth-order valence-corrected chi connectivity index (χ4v) is 4.51. The Balaban J connectivity index is 1.88. The van der Waals surface area contributed by atoms with Crippen LogP contribution in [-0.2, 0) is 19.1 Å². The highest BCUT2D eigenvalue weighted by Crippen LogP contribution is 2.35. The summed E-state index contributed by atoms with van der Waals surface area (Å²) in [6.07, 6.45) is 1.66. The summed E-state index contributed by atoms with van der Waals surface area (Å²) in [5.74, 6) is -1.52. The van der Waals surface area contributed by atoms with E-state index < -0.39 is 23.2 Å². The second-order valence-corrected chi connectivity index (χ2v) is 8.40. The number of esters is 2. The van der Waals surface area contributed by atoms with Gasteiger partial charge in [-0.15, -0.1) is 0 Å². The maximum atomic E-state index is 12.9. The molecular formula is C24H26N2O6S. The molecule has 1 fully saturated rings. The molecule has 2 aromatic rings. The number of nitrogens with zero attached hydrogens (tertiary/aromatic N) is 2. The zero-order valence-corrected chi connectivity index (χ0v) is 20.0. The lowest BCUT2D eigenvalue weighted by Gasteiger charge is -2.19. The number of rotatable bonds is 7. The van der Waals surface area contributed by atoms with Crippen LogP contribution in [0.5, 0.6) is 0 Å². The molecule has 1 aromatic heterocycles. The van der Waals surface area contributed by atoms with Crippen LogP contribution >= 0.6 is 11.8 Å². The number of aryl methyl sites for hydroxylation is 1. The fourth-order valence-electron chi connectivity index (χ4n) is 3.62. The van der Waals surface area contributed by atoms with Crippen LogP contribution in [0.2, 0.25) is 0 Å².